The van der Waals surface area contributed by atoms with Crippen LogP contribution in [0, 0.1) is 0 Å². The molecule has 0 aliphatic carbocycles. The molecule has 8 heavy (non-hydrogen) atoms. The normalized spacial score (nSPS) is 12.1. The molecule has 0 rings (SSSR count). The number of ether oxygens (including phenoxy) is 1. The van der Waals surface area contributed by atoms with Gasteiger partial charge in [0.15, 0.2) is 0 Å². The summed E-state index contributed by atoms with van der Waals surface area (Å²) in [5.74, 6) is 0. The van der Waals surface area contributed by atoms with Crippen molar-refractivity contribution in [1.29, 1.82) is 0 Å². The molecule has 0 saturated carbocycles. The van der Waals surface area contributed by atoms with Crippen LogP contribution in [0.5, 0.6) is 0 Å². The molecule has 0 heterocycles. The summed E-state index contributed by atoms with van der Waals surface area (Å²) in [7, 11) is 0. The lowest BCUT2D eigenvalue weighted by atomic mass is 10.3. The first-order valence-corrected chi connectivity index (χ1v) is 3.00. The third kappa shape index (κ3) is 3.88. The fraction of sp³-hybridized carbons (Fsp3) is 0.714. The Morgan fingerprint density at radius 2 is 2.25 bits per heavy atom. The number of allylic oxidation sites excluding steroid dienone is 1. The molecule has 0 aromatic carbocycles. The van der Waals surface area contributed by atoms with Crippen molar-refractivity contribution in [3.63, 3.8) is 0 Å². The Kier molecular flexibility index (Phi) is 4.67. The molecule has 0 saturated heterocycles. The minimum Gasteiger partial charge on any atom is -0.377 e. The highest BCUT2D eigenvalue weighted by atomic mass is 16.5. The van der Waals surface area contributed by atoms with Crippen LogP contribution in [-0.2, 0) is 4.74 Å². The zero-order valence-corrected chi connectivity index (χ0v) is 5.90. The van der Waals surface area contributed by atoms with E-state index in [1.807, 2.05) is 13.8 Å². The van der Waals surface area contributed by atoms with Crippen LogP contribution in [0.15, 0.2) is 11.6 Å². The molecule has 0 fully saturated rings. The molecule has 0 aromatic rings. The van der Waals surface area contributed by atoms with Crippen molar-refractivity contribution in [2.24, 2.45) is 0 Å². The van der Waals surface area contributed by atoms with Crippen LogP contribution in [0.2, 0.25) is 0 Å². The van der Waals surface area contributed by atoms with Crippen LogP contribution in [0.4, 0.5) is 0 Å². The smallest absolute Gasteiger partial charge is 0.0673 e. The maximum absolute atomic E-state index is 5.12. The summed E-state index contributed by atoms with van der Waals surface area (Å²) in [5, 5.41) is 0. The Hall–Kier alpha value is -0.300. The van der Waals surface area contributed by atoms with Gasteiger partial charge in [-0.25, -0.2) is 0 Å². The van der Waals surface area contributed by atoms with E-state index in [1.165, 1.54) is 5.57 Å². The summed E-state index contributed by atoms with van der Waals surface area (Å²) in [6, 6.07) is 0. The summed E-state index contributed by atoms with van der Waals surface area (Å²) >= 11 is 0. The van der Waals surface area contributed by atoms with Crippen molar-refractivity contribution >= 4 is 0 Å². The summed E-state index contributed by atoms with van der Waals surface area (Å²) in [4.78, 5) is 0. The molecule has 0 unspecified atom stereocenters. The van der Waals surface area contributed by atoms with Gasteiger partial charge < -0.3 is 4.74 Å². The van der Waals surface area contributed by atoms with Gasteiger partial charge in [-0.15, -0.1) is 0 Å². The second kappa shape index (κ2) is 4.85. The molecule has 48 valence electrons. The lowest BCUT2D eigenvalue weighted by molar-refractivity contribution is 0.171. The largest absolute Gasteiger partial charge is 0.377 e. The second-order valence-corrected chi connectivity index (χ2v) is 1.77. The molecule has 0 atom stereocenters. The van der Waals surface area contributed by atoms with Crippen molar-refractivity contribution in [1.82, 2.24) is 0 Å². The topological polar surface area (TPSA) is 9.23 Å². The van der Waals surface area contributed by atoms with Crippen molar-refractivity contribution in [3.8, 4) is 0 Å². The molecule has 0 amide bonds. The zero-order chi connectivity index (χ0) is 6.41. The van der Waals surface area contributed by atoms with Gasteiger partial charge in [-0.05, 0) is 20.8 Å². The van der Waals surface area contributed by atoms with Gasteiger partial charge >= 0.3 is 0 Å². The van der Waals surface area contributed by atoms with Crippen molar-refractivity contribution in [3.05, 3.63) is 11.6 Å². The van der Waals surface area contributed by atoms with Crippen LogP contribution in [0.1, 0.15) is 20.8 Å². The van der Waals surface area contributed by atoms with Gasteiger partial charge in [-0.2, -0.15) is 0 Å². The van der Waals surface area contributed by atoms with Gasteiger partial charge in [0.05, 0.1) is 6.61 Å². The molecular formula is C7H14O. The molecular weight excluding hydrogens is 100 g/mol. The molecule has 0 aliphatic heterocycles. The van der Waals surface area contributed by atoms with E-state index >= 15 is 0 Å². The third-order valence-corrected chi connectivity index (χ3v) is 1.03. The standard InChI is InChI=1S/C7H14O/c1-4-7(3)6-8-5-2/h4H,5-6H2,1-3H3. The maximum atomic E-state index is 5.12. The lowest BCUT2D eigenvalue weighted by Gasteiger charge is -1.97. The second-order valence-electron chi connectivity index (χ2n) is 1.77. The Labute approximate surface area is 51.4 Å². The van der Waals surface area contributed by atoms with Gasteiger partial charge in [-0.1, -0.05) is 11.6 Å². The average Bonchev–Trinajstić information content (AvgIpc) is 1.83. The summed E-state index contributed by atoms with van der Waals surface area (Å²) in [6.07, 6.45) is 2.07. The van der Waals surface area contributed by atoms with E-state index in [0.29, 0.717) is 0 Å². The monoisotopic (exact) mass is 114 g/mol. The Balaban J connectivity index is 3.12. The van der Waals surface area contributed by atoms with E-state index in [1.54, 1.807) is 0 Å². The fourth-order valence-electron chi connectivity index (χ4n) is 0.346. The Morgan fingerprint density at radius 1 is 1.62 bits per heavy atom. The summed E-state index contributed by atoms with van der Waals surface area (Å²) < 4.78 is 5.12. The van der Waals surface area contributed by atoms with Gasteiger partial charge in [-0.3, -0.25) is 0 Å². The van der Waals surface area contributed by atoms with Crippen LogP contribution < -0.4 is 0 Å². The van der Waals surface area contributed by atoms with E-state index in [9.17, 15) is 0 Å². The van der Waals surface area contributed by atoms with Crippen LogP contribution in [-0.4, -0.2) is 13.2 Å². The molecule has 1 nitrogen and oxygen atoms in total. The molecule has 1 heteroatoms. The van der Waals surface area contributed by atoms with Gasteiger partial charge in [0, 0.05) is 6.61 Å². The van der Waals surface area contributed by atoms with Gasteiger partial charge in [0.1, 0.15) is 0 Å². The molecule has 0 N–H and O–H groups in total. The molecule has 0 aliphatic rings. The highest BCUT2D eigenvalue weighted by Crippen LogP contribution is 1.90. The lowest BCUT2D eigenvalue weighted by Crippen LogP contribution is -1.93. The van der Waals surface area contributed by atoms with E-state index in [0.717, 1.165) is 13.2 Å². The highest BCUT2D eigenvalue weighted by Gasteiger charge is 1.82. The minimum absolute atomic E-state index is 0.785. The van der Waals surface area contributed by atoms with E-state index < -0.39 is 0 Å². The average molecular weight is 114 g/mol. The Bertz CT molecular complexity index is 74.5. The van der Waals surface area contributed by atoms with Crippen molar-refractivity contribution < 1.29 is 4.74 Å². The molecule has 0 spiro atoms. The third-order valence-electron chi connectivity index (χ3n) is 1.03. The van der Waals surface area contributed by atoms with E-state index in [2.05, 4.69) is 13.0 Å². The van der Waals surface area contributed by atoms with E-state index in [4.69, 9.17) is 4.74 Å². The fourth-order valence-corrected chi connectivity index (χ4v) is 0.346. The van der Waals surface area contributed by atoms with Gasteiger partial charge in [0.2, 0.25) is 0 Å². The number of hydrogen-bond acceptors (Lipinski definition) is 1. The predicted octanol–water partition coefficient (Wildman–Crippen LogP) is 1.99. The number of rotatable bonds is 3. The minimum atomic E-state index is 0.785. The molecule has 0 radical (unpaired) electrons. The first-order chi connectivity index (χ1) is 3.81. The first-order valence-electron chi connectivity index (χ1n) is 3.00. The summed E-state index contributed by atoms with van der Waals surface area (Å²) in [5.41, 5.74) is 1.30. The highest BCUT2D eigenvalue weighted by molar-refractivity contribution is 4.95. The van der Waals surface area contributed by atoms with Crippen LogP contribution in [0.25, 0.3) is 0 Å². The SMILES string of the molecule is CC=C(C)COCC. The summed E-state index contributed by atoms with van der Waals surface area (Å²) in [6.45, 7) is 7.69. The first kappa shape index (κ1) is 7.70. The van der Waals surface area contributed by atoms with Crippen LogP contribution in [0.3, 0.4) is 0 Å². The predicted molar refractivity (Wildman–Crippen MR) is 35.9 cm³/mol. The van der Waals surface area contributed by atoms with Crippen molar-refractivity contribution in [2.75, 3.05) is 13.2 Å². The quantitative estimate of drug-likeness (QED) is 0.510. The van der Waals surface area contributed by atoms with Gasteiger partial charge in [0.25, 0.3) is 0 Å². The number of hydrogen-bond donors (Lipinski definition) is 0. The van der Waals surface area contributed by atoms with E-state index in [-0.39, 0.29) is 0 Å². The zero-order valence-electron chi connectivity index (χ0n) is 5.90. The maximum Gasteiger partial charge on any atom is 0.0673 e. The molecule has 0 bridgehead atoms. The Morgan fingerprint density at radius 3 is 2.62 bits per heavy atom. The van der Waals surface area contributed by atoms with Crippen LogP contribution >= 0.6 is 0 Å². The van der Waals surface area contributed by atoms with Crippen molar-refractivity contribution in [2.45, 2.75) is 20.8 Å². The molecule has 0 aromatic heterocycles.